The van der Waals surface area contributed by atoms with Crippen molar-refractivity contribution in [2.45, 2.75) is 20.8 Å². The van der Waals surface area contributed by atoms with Gasteiger partial charge in [0.05, 0.1) is 22.8 Å². The van der Waals surface area contributed by atoms with E-state index in [4.69, 9.17) is 4.98 Å². The normalized spacial score (nSPS) is 11.8. The molecule has 0 amide bonds. The topological polar surface area (TPSA) is 38.7 Å². The third-order valence-corrected chi connectivity index (χ3v) is 4.02. The largest absolute Gasteiger partial charge is 0.255 e. The van der Waals surface area contributed by atoms with Crippen molar-refractivity contribution < 1.29 is 0 Å². The predicted molar refractivity (Wildman–Crippen MR) is 115 cm³/mol. The van der Waals surface area contributed by atoms with Crippen LogP contribution in [0.25, 0.3) is 41.0 Å². The van der Waals surface area contributed by atoms with E-state index in [1.165, 1.54) is 0 Å². The second-order valence-electron chi connectivity index (χ2n) is 6.12. The predicted octanol–water partition coefficient (Wildman–Crippen LogP) is 6.30. The van der Waals surface area contributed by atoms with Gasteiger partial charge in [0.25, 0.3) is 0 Å². The second-order valence-corrected chi connectivity index (χ2v) is 6.12. The summed E-state index contributed by atoms with van der Waals surface area (Å²) in [7, 11) is 0. The molecule has 3 rings (SSSR count). The summed E-state index contributed by atoms with van der Waals surface area (Å²) in [5.74, 6) is 0. The van der Waals surface area contributed by atoms with Crippen molar-refractivity contribution in [2.75, 3.05) is 0 Å². The van der Waals surface area contributed by atoms with Crippen molar-refractivity contribution in [3.63, 3.8) is 0 Å². The van der Waals surface area contributed by atoms with Crippen molar-refractivity contribution in [3.8, 4) is 22.8 Å². The Labute approximate surface area is 160 Å². The molecule has 0 aliphatic carbocycles. The Morgan fingerprint density at radius 3 is 1.41 bits per heavy atom. The molecule has 0 bridgehead atoms. The number of aromatic nitrogens is 3. The molecule has 3 aromatic heterocycles. The number of pyridine rings is 3. The zero-order valence-corrected chi connectivity index (χ0v) is 15.9. The van der Waals surface area contributed by atoms with E-state index in [0.29, 0.717) is 0 Å². The Morgan fingerprint density at radius 1 is 0.556 bits per heavy atom. The molecule has 0 saturated carbocycles. The summed E-state index contributed by atoms with van der Waals surface area (Å²) in [6, 6.07) is 12.2. The molecule has 3 nitrogen and oxygen atoms in total. The van der Waals surface area contributed by atoms with Crippen LogP contribution in [0.15, 0.2) is 67.0 Å². The van der Waals surface area contributed by atoms with Gasteiger partial charge >= 0.3 is 0 Å². The summed E-state index contributed by atoms with van der Waals surface area (Å²) in [5, 5.41) is 0. The highest BCUT2D eigenvalue weighted by atomic mass is 14.8. The summed E-state index contributed by atoms with van der Waals surface area (Å²) in [4.78, 5) is 13.9. The van der Waals surface area contributed by atoms with E-state index in [-0.39, 0.29) is 0 Å². The first-order chi connectivity index (χ1) is 13.2. The van der Waals surface area contributed by atoms with Crippen LogP contribution in [0.5, 0.6) is 0 Å². The van der Waals surface area contributed by atoms with Crippen molar-refractivity contribution in [3.05, 3.63) is 83.7 Å². The summed E-state index contributed by atoms with van der Waals surface area (Å²) in [5.41, 5.74) is 6.67. The smallest absolute Gasteiger partial charge is 0.0900 e. The minimum Gasteiger partial charge on any atom is -0.255 e. The monoisotopic (exact) mass is 353 g/mol. The van der Waals surface area contributed by atoms with E-state index in [9.17, 15) is 0 Å². The van der Waals surface area contributed by atoms with E-state index in [0.717, 1.165) is 39.5 Å². The minimum atomic E-state index is 0.838. The van der Waals surface area contributed by atoms with Crippen LogP contribution in [0, 0.1) is 0 Å². The van der Waals surface area contributed by atoms with Gasteiger partial charge in [-0.15, -0.1) is 0 Å². The first kappa shape index (κ1) is 18.5. The van der Waals surface area contributed by atoms with Crippen molar-refractivity contribution in [2.24, 2.45) is 0 Å². The highest BCUT2D eigenvalue weighted by Crippen LogP contribution is 2.25. The quantitative estimate of drug-likeness (QED) is 0.540. The lowest BCUT2D eigenvalue weighted by atomic mass is 10.1. The zero-order valence-electron chi connectivity index (χ0n) is 15.9. The van der Waals surface area contributed by atoms with Gasteiger partial charge in [-0.05, 0) is 73.9 Å². The van der Waals surface area contributed by atoms with Crippen LogP contribution < -0.4 is 0 Å². The highest BCUT2D eigenvalue weighted by molar-refractivity contribution is 5.70. The van der Waals surface area contributed by atoms with Crippen LogP contribution in [0.4, 0.5) is 0 Å². The standard InChI is InChI=1S/C24H23N3/c1-4-7-18-10-12-25-21(14-18)23-16-20(9-6-3)17-24(27-23)22-15-19(8-5-2)11-13-26-22/h4-17H,1-3H3/b7-4-,8-5-,9-6-. The molecule has 134 valence electrons. The third-order valence-electron chi connectivity index (χ3n) is 4.02. The number of rotatable bonds is 5. The van der Waals surface area contributed by atoms with Gasteiger partial charge in [0, 0.05) is 12.4 Å². The number of hydrogen-bond donors (Lipinski definition) is 0. The van der Waals surface area contributed by atoms with Crippen LogP contribution in [0.1, 0.15) is 37.5 Å². The van der Waals surface area contributed by atoms with Crippen LogP contribution in [-0.4, -0.2) is 15.0 Å². The van der Waals surface area contributed by atoms with E-state index in [1.807, 2.05) is 63.5 Å². The Balaban J connectivity index is 2.13. The molecule has 0 saturated heterocycles. The van der Waals surface area contributed by atoms with E-state index in [2.05, 4.69) is 52.5 Å². The van der Waals surface area contributed by atoms with Crippen molar-refractivity contribution in [1.29, 1.82) is 0 Å². The molecule has 27 heavy (non-hydrogen) atoms. The lowest BCUT2D eigenvalue weighted by Crippen LogP contribution is -1.94. The highest BCUT2D eigenvalue weighted by Gasteiger charge is 2.09. The maximum Gasteiger partial charge on any atom is 0.0900 e. The van der Waals surface area contributed by atoms with E-state index < -0.39 is 0 Å². The minimum absolute atomic E-state index is 0.838. The van der Waals surface area contributed by atoms with Gasteiger partial charge in [0.2, 0.25) is 0 Å². The number of nitrogens with zero attached hydrogens (tertiary/aromatic N) is 3. The fourth-order valence-electron chi connectivity index (χ4n) is 2.87. The summed E-state index contributed by atoms with van der Waals surface area (Å²) < 4.78 is 0. The molecule has 0 radical (unpaired) electrons. The average Bonchev–Trinajstić information content (AvgIpc) is 2.69. The summed E-state index contributed by atoms with van der Waals surface area (Å²) >= 11 is 0. The fraction of sp³-hybridized carbons (Fsp3) is 0.125. The molecule has 0 aliphatic heterocycles. The lowest BCUT2D eigenvalue weighted by molar-refractivity contribution is 1.21. The van der Waals surface area contributed by atoms with Crippen LogP contribution >= 0.6 is 0 Å². The Bertz CT molecular complexity index is 940. The molecule has 0 aliphatic rings. The van der Waals surface area contributed by atoms with Gasteiger partial charge in [-0.3, -0.25) is 9.97 Å². The Morgan fingerprint density at radius 2 is 0.963 bits per heavy atom. The fourth-order valence-corrected chi connectivity index (χ4v) is 2.87. The van der Waals surface area contributed by atoms with Gasteiger partial charge in [-0.2, -0.15) is 0 Å². The Hall–Kier alpha value is -3.33. The van der Waals surface area contributed by atoms with Crippen LogP contribution in [0.3, 0.4) is 0 Å². The second kappa shape index (κ2) is 8.86. The van der Waals surface area contributed by atoms with E-state index in [1.54, 1.807) is 0 Å². The van der Waals surface area contributed by atoms with Crippen molar-refractivity contribution in [1.82, 2.24) is 15.0 Å². The van der Waals surface area contributed by atoms with Gasteiger partial charge in [0.1, 0.15) is 0 Å². The SMILES string of the molecule is C/C=C\c1ccnc(-c2cc(/C=C\C)cc(-c3cc(/C=C\C)ccn3)n2)c1. The first-order valence-corrected chi connectivity index (χ1v) is 9.06. The van der Waals surface area contributed by atoms with Crippen LogP contribution in [-0.2, 0) is 0 Å². The molecule has 0 N–H and O–H groups in total. The van der Waals surface area contributed by atoms with Gasteiger partial charge in [0.15, 0.2) is 0 Å². The Kier molecular flexibility index (Phi) is 6.06. The zero-order chi connectivity index (χ0) is 19.1. The molecule has 0 unspecified atom stereocenters. The van der Waals surface area contributed by atoms with Gasteiger partial charge in [-0.25, -0.2) is 4.98 Å². The van der Waals surface area contributed by atoms with Crippen LogP contribution in [0.2, 0.25) is 0 Å². The molecule has 3 heteroatoms. The number of allylic oxidation sites excluding steroid dienone is 3. The average molecular weight is 353 g/mol. The third kappa shape index (κ3) is 4.64. The number of hydrogen-bond acceptors (Lipinski definition) is 3. The lowest BCUT2D eigenvalue weighted by Gasteiger charge is -2.08. The summed E-state index contributed by atoms with van der Waals surface area (Å²) in [6.07, 6.45) is 15.9. The maximum atomic E-state index is 4.85. The first-order valence-electron chi connectivity index (χ1n) is 9.06. The molecule has 0 fully saturated rings. The molecule has 3 aromatic rings. The van der Waals surface area contributed by atoms with E-state index >= 15 is 0 Å². The molecule has 0 atom stereocenters. The van der Waals surface area contributed by atoms with Crippen molar-refractivity contribution >= 4 is 18.2 Å². The molecular formula is C24H23N3. The summed E-state index contributed by atoms with van der Waals surface area (Å²) in [6.45, 7) is 6.02. The maximum absolute atomic E-state index is 4.85. The molecule has 0 aromatic carbocycles. The molecule has 3 heterocycles. The van der Waals surface area contributed by atoms with Gasteiger partial charge in [-0.1, -0.05) is 36.5 Å². The molecular weight excluding hydrogens is 330 g/mol. The molecule has 0 spiro atoms. The van der Waals surface area contributed by atoms with Gasteiger partial charge < -0.3 is 0 Å².